The molecule has 0 radical (unpaired) electrons. The Kier molecular flexibility index (Phi) is 5.35. The van der Waals surface area contributed by atoms with E-state index in [0.717, 1.165) is 51.4 Å². The summed E-state index contributed by atoms with van der Waals surface area (Å²) in [6.07, 6.45) is 13.0. The Morgan fingerprint density at radius 2 is 1.58 bits per heavy atom. The highest BCUT2D eigenvalue weighted by Gasteiger charge is 2.73. The van der Waals surface area contributed by atoms with Crippen LogP contribution >= 0.6 is 0 Å². The van der Waals surface area contributed by atoms with Crippen molar-refractivity contribution in [1.29, 1.82) is 0 Å². The summed E-state index contributed by atoms with van der Waals surface area (Å²) in [5.74, 6) is -1.56. The van der Waals surface area contributed by atoms with Crippen molar-refractivity contribution in [3.05, 3.63) is 12.2 Å². The highest BCUT2D eigenvalue weighted by Crippen LogP contribution is 2.55. The SMILES string of the molecule is CC(C)N1C(=O)[C@H]2[C@@H](C(=O)NC3CCCCC3)[C@@H]3C=C[C@@]2(O3)[C@@H]1C(=O)NC1CCCC1. The van der Waals surface area contributed by atoms with Crippen LogP contribution in [0.1, 0.15) is 71.6 Å². The second-order valence-corrected chi connectivity index (χ2v) is 10.4. The zero-order valence-corrected chi connectivity index (χ0v) is 18.6. The van der Waals surface area contributed by atoms with E-state index < -0.39 is 29.6 Å². The monoisotopic (exact) mass is 429 g/mol. The average molecular weight is 430 g/mol. The predicted octanol–water partition coefficient (Wildman–Crippen LogP) is 2.05. The van der Waals surface area contributed by atoms with E-state index >= 15 is 0 Å². The molecule has 7 nitrogen and oxygen atoms in total. The summed E-state index contributed by atoms with van der Waals surface area (Å²) < 4.78 is 6.36. The maximum Gasteiger partial charge on any atom is 0.246 e. The lowest BCUT2D eigenvalue weighted by atomic mass is 9.74. The molecule has 2 bridgehead atoms. The molecular formula is C24H35N3O4. The van der Waals surface area contributed by atoms with Crippen LogP contribution in [0.25, 0.3) is 0 Å². The number of ether oxygens (including phenoxy) is 1. The highest BCUT2D eigenvalue weighted by atomic mass is 16.5. The number of rotatable bonds is 5. The number of amides is 3. The van der Waals surface area contributed by atoms with Crippen molar-refractivity contribution < 1.29 is 19.1 Å². The Hall–Kier alpha value is -1.89. The zero-order chi connectivity index (χ0) is 21.8. The summed E-state index contributed by atoms with van der Waals surface area (Å²) in [7, 11) is 0. The van der Waals surface area contributed by atoms with Crippen LogP contribution < -0.4 is 10.6 Å². The van der Waals surface area contributed by atoms with E-state index in [9.17, 15) is 14.4 Å². The van der Waals surface area contributed by atoms with E-state index in [4.69, 9.17) is 4.74 Å². The molecule has 4 fully saturated rings. The normalized spacial score (nSPS) is 37.6. The third-order valence-electron chi connectivity index (χ3n) is 8.07. The molecule has 2 N–H and O–H groups in total. The molecule has 3 aliphatic heterocycles. The van der Waals surface area contributed by atoms with Crippen molar-refractivity contribution in [1.82, 2.24) is 15.5 Å². The molecule has 2 aliphatic carbocycles. The molecular weight excluding hydrogens is 394 g/mol. The van der Waals surface area contributed by atoms with Crippen molar-refractivity contribution in [2.24, 2.45) is 11.8 Å². The minimum absolute atomic E-state index is 0.0953. The van der Waals surface area contributed by atoms with Crippen LogP contribution in [0.2, 0.25) is 0 Å². The lowest BCUT2D eigenvalue weighted by Gasteiger charge is -2.34. The van der Waals surface area contributed by atoms with Gasteiger partial charge in [-0.25, -0.2) is 0 Å². The number of likely N-dealkylation sites (tertiary alicyclic amines) is 1. The van der Waals surface area contributed by atoms with E-state index in [1.165, 1.54) is 6.42 Å². The summed E-state index contributed by atoms with van der Waals surface area (Å²) in [4.78, 5) is 42.1. The maximum atomic E-state index is 13.6. The second kappa shape index (κ2) is 7.91. The lowest BCUT2D eigenvalue weighted by molar-refractivity contribution is -0.144. The lowest BCUT2D eigenvalue weighted by Crippen LogP contribution is -2.57. The number of fused-ring (bicyclic) bond motifs is 1. The topological polar surface area (TPSA) is 87.7 Å². The van der Waals surface area contributed by atoms with Crippen LogP contribution in [-0.2, 0) is 19.1 Å². The molecule has 3 heterocycles. The number of hydrogen-bond acceptors (Lipinski definition) is 4. The smallest absolute Gasteiger partial charge is 0.246 e. The summed E-state index contributed by atoms with van der Waals surface area (Å²) in [5.41, 5.74) is -1.04. The Bertz CT molecular complexity index is 784. The first-order chi connectivity index (χ1) is 14.9. The van der Waals surface area contributed by atoms with Gasteiger partial charge in [0, 0.05) is 18.1 Å². The predicted molar refractivity (Wildman–Crippen MR) is 115 cm³/mol. The second-order valence-electron chi connectivity index (χ2n) is 10.4. The fraction of sp³-hybridized carbons (Fsp3) is 0.792. The zero-order valence-electron chi connectivity index (χ0n) is 18.6. The van der Waals surface area contributed by atoms with Crippen molar-refractivity contribution in [3.63, 3.8) is 0 Å². The van der Waals surface area contributed by atoms with Crippen molar-refractivity contribution >= 4 is 17.7 Å². The molecule has 1 spiro atoms. The van der Waals surface area contributed by atoms with Crippen molar-refractivity contribution in [2.45, 2.75) is 108 Å². The third-order valence-corrected chi connectivity index (χ3v) is 8.07. The average Bonchev–Trinajstić information content (AvgIpc) is 3.50. The molecule has 0 aromatic carbocycles. The molecule has 31 heavy (non-hydrogen) atoms. The van der Waals surface area contributed by atoms with Gasteiger partial charge in [0.25, 0.3) is 0 Å². The molecule has 7 heteroatoms. The molecule has 0 aromatic heterocycles. The van der Waals surface area contributed by atoms with Gasteiger partial charge in [-0.05, 0) is 39.5 Å². The molecule has 2 saturated carbocycles. The van der Waals surface area contributed by atoms with Crippen LogP contribution in [-0.4, -0.2) is 58.5 Å². The quantitative estimate of drug-likeness (QED) is 0.655. The van der Waals surface area contributed by atoms with Crippen molar-refractivity contribution in [3.8, 4) is 0 Å². The van der Waals surface area contributed by atoms with Crippen LogP contribution in [0.3, 0.4) is 0 Å². The first kappa shape index (κ1) is 21.0. The van der Waals surface area contributed by atoms with E-state index in [1.807, 2.05) is 26.0 Å². The van der Waals surface area contributed by atoms with Crippen LogP contribution in [0.5, 0.6) is 0 Å². The molecule has 170 valence electrons. The van der Waals surface area contributed by atoms with E-state index in [2.05, 4.69) is 10.6 Å². The molecule has 5 atom stereocenters. The van der Waals surface area contributed by atoms with Gasteiger partial charge in [0.15, 0.2) is 0 Å². The fourth-order valence-electron chi connectivity index (χ4n) is 6.66. The van der Waals surface area contributed by atoms with Gasteiger partial charge in [-0.3, -0.25) is 14.4 Å². The number of hydrogen-bond donors (Lipinski definition) is 2. The summed E-state index contributed by atoms with van der Waals surface area (Å²) in [6, 6.07) is -0.524. The van der Waals surface area contributed by atoms with Gasteiger partial charge in [0.05, 0.1) is 17.9 Å². The Balaban J connectivity index is 1.41. The number of nitrogens with zero attached hydrogens (tertiary/aromatic N) is 1. The van der Waals surface area contributed by atoms with Crippen molar-refractivity contribution in [2.75, 3.05) is 0 Å². The van der Waals surface area contributed by atoms with Gasteiger partial charge in [0.1, 0.15) is 11.6 Å². The number of nitrogens with one attached hydrogen (secondary N) is 2. The first-order valence-corrected chi connectivity index (χ1v) is 12.2. The van der Waals surface area contributed by atoms with Gasteiger partial charge in [-0.2, -0.15) is 0 Å². The molecule has 2 saturated heterocycles. The standard InChI is InChI=1S/C24H35N3O4/c1-14(2)27-20(22(29)26-16-10-6-7-11-16)24-13-12-17(31-24)18(19(24)23(27)30)21(28)25-15-8-4-3-5-9-15/h12-20H,3-11H2,1-2H3,(H,25,28)(H,26,29)/t17-,18-,19+,20-,24-/m0/s1. The van der Waals surface area contributed by atoms with Gasteiger partial charge < -0.3 is 20.3 Å². The van der Waals surface area contributed by atoms with Crippen LogP contribution in [0, 0.1) is 11.8 Å². The first-order valence-electron chi connectivity index (χ1n) is 12.2. The van der Waals surface area contributed by atoms with Crippen LogP contribution in [0.4, 0.5) is 0 Å². The summed E-state index contributed by atoms with van der Waals surface area (Å²) >= 11 is 0. The minimum atomic E-state index is -1.04. The largest absolute Gasteiger partial charge is 0.359 e. The van der Waals surface area contributed by atoms with E-state index in [1.54, 1.807) is 4.90 Å². The third kappa shape index (κ3) is 3.31. The van der Waals surface area contributed by atoms with Gasteiger partial charge >= 0.3 is 0 Å². The number of carbonyl (C=O) groups is 3. The fourth-order valence-corrected chi connectivity index (χ4v) is 6.66. The van der Waals surface area contributed by atoms with Gasteiger partial charge in [0.2, 0.25) is 17.7 Å². The Labute approximate surface area is 184 Å². The Morgan fingerprint density at radius 1 is 1.00 bits per heavy atom. The maximum absolute atomic E-state index is 13.6. The summed E-state index contributed by atoms with van der Waals surface area (Å²) in [5, 5.41) is 6.38. The van der Waals surface area contributed by atoms with E-state index in [-0.39, 0.29) is 35.8 Å². The highest BCUT2D eigenvalue weighted by molar-refractivity contribution is 6.00. The molecule has 5 rings (SSSR count). The number of carbonyl (C=O) groups excluding carboxylic acids is 3. The molecule has 5 aliphatic rings. The van der Waals surface area contributed by atoms with Crippen LogP contribution in [0.15, 0.2) is 12.2 Å². The van der Waals surface area contributed by atoms with Gasteiger partial charge in [-0.15, -0.1) is 0 Å². The van der Waals surface area contributed by atoms with Gasteiger partial charge in [-0.1, -0.05) is 44.3 Å². The summed E-state index contributed by atoms with van der Waals surface area (Å²) in [6.45, 7) is 3.86. The van der Waals surface area contributed by atoms with E-state index in [0.29, 0.717) is 0 Å². The Morgan fingerprint density at radius 3 is 2.19 bits per heavy atom. The minimum Gasteiger partial charge on any atom is -0.359 e. The molecule has 0 aromatic rings. The molecule has 0 unspecified atom stereocenters. The molecule has 3 amide bonds.